The summed E-state index contributed by atoms with van der Waals surface area (Å²) < 4.78 is 15.4. The van der Waals surface area contributed by atoms with Crippen molar-refractivity contribution < 1.29 is 4.39 Å². The number of rotatable bonds is 4. The summed E-state index contributed by atoms with van der Waals surface area (Å²) in [6.07, 6.45) is 3.10. The maximum absolute atomic E-state index is 13.3. The zero-order valence-electron chi connectivity index (χ0n) is 10.6. The highest BCUT2D eigenvalue weighted by Crippen LogP contribution is 2.23. The van der Waals surface area contributed by atoms with Gasteiger partial charge in [-0.3, -0.25) is 0 Å². The molecule has 1 atom stereocenters. The molecule has 0 fully saturated rings. The van der Waals surface area contributed by atoms with Crippen molar-refractivity contribution in [1.29, 1.82) is 0 Å². The standard InChI is InChI=1S/C14H19FN2/c1-4-17-9-11(7-10(2)16-3)13-6-5-12(15)8-14(13)17/h5-6,8-10,16H,4,7H2,1-3H3. The molecule has 0 radical (unpaired) electrons. The quantitative estimate of drug-likeness (QED) is 0.860. The molecule has 0 saturated carbocycles. The molecule has 1 N–H and O–H groups in total. The normalized spacial score (nSPS) is 13.2. The van der Waals surface area contributed by atoms with Crippen LogP contribution < -0.4 is 5.32 Å². The van der Waals surface area contributed by atoms with E-state index < -0.39 is 0 Å². The number of fused-ring (bicyclic) bond motifs is 1. The summed E-state index contributed by atoms with van der Waals surface area (Å²) in [6.45, 7) is 5.10. The topological polar surface area (TPSA) is 17.0 Å². The molecule has 0 saturated heterocycles. The molecular weight excluding hydrogens is 215 g/mol. The summed E-state index contributed by atoms with van der Waals surface area (Å²) in [5, 5.41) is 4.40. The Bertz CT molecular complexity index is 516. The second-order valence-corrected chi connectivity index (χ2v) is 4.50. The number of nitrogens with one attached hydrogen (secondary N) is 1. The van der Waals surface area contributed by atoms with Crippen molar-refractivity contribution in [3.63, 3.8) is 0 Å². The van der Waals surface area contributed by atoms with E-state index >= 15 is 0 Å². The van der Waals surface area contributed by atoms with E-state index in [1.807, 2.05) is 13.1 Å². The second kappa shape index (κ2) is 4.88. The molecule has 1 aromatic heterocycles. The maximum atomic E-state index is 13.3. The van der Waals surface area contributed by atoms with Crippen molar-refractivity contribution >= 4 is 10.9 Å². The van der Waals surface area contributed by atoms with Gasteiger partial charge in [0.05, 0.1) is 5.52 Å². The second-order valence-electron chi connectivity index (χ2n) is 4.50. The van der Waals surface area contributed by atoms with E-state index in [9.17, 15) is 4.39 Å². The lowest BCUT2D eigenvalue weighted by molar-refractivity contribution is 0.609. The van der Waals surface area contributed by atoms with E-state index in [4.69, 9.17) is 0 Å². The van der Waals surface area contributed by atoms with Crippen LogP contribution >= 0.6 is 0 Å². The van der Waals surface area contributed by atoms with Crippen molar-refractivity contribution in [3.8, 4) is 0 Å². The van der Waals surface area contributed by atoms with Gasteiger partial charge in [-0.2, -0.15) is 0 Å². The average Bonchev–Trinajstić information content (AvgIpc) is 2.66. The minimum Gasteiger partial charge on any atom is -0.347 e. The Morgan fingerprint density at radius 1 is 1.41 bits per heavy atom. The Hall–Kier alpha value is -1.35. The zero-order chi connectivity index (χ0) is 12.4. The molecule has 0 aliphatic carbocycles. The summed E-state index contributed by atoms with van der Waals surface area (Å²) in [6, 6.07) is 5.47. The van der Waals surface area contributed by atoms with E-state index in [-0.39, 0.29) is 5.82 Å². The average molecular weight is 234 g/mol. The Kier molecular flexibility index (Phi) is 3.48. The van der Waals surface area contributed by atoms with E-state index in [1.54, 1.807) is 6.07 Å². The Morgan fingerprint density at radius 2 is 2.18 bits per heavy atom. The van der Waals surface area contributed by atoms with Crippen LogP contribution in [-0.4, -0.2) is 17.7 Å². The lowest BCUT2D eigenvalue weighted by Crippen LogP contribution is -2.23. The highest BCUT2D eigenvalue weighted by molar-refractivity contribution is 5.84. The third-order valence-electron chi connectivity index (χ3n) is 3.29. The molecule has 0 aliphatic rings. The summed E-state index contributed by atoms with van der Waals surface area (Å²) in [4.78, 5) is 0. The lowest BCUT2D eigenvalue weighted by Gasteiger charge is -2.08. The van der Waals surface area contributed by atoms with Gasteiger partial charge in [0.25, 0.3) is 0 Å². The van der Waals surface area contributed by atoms with Crippen molar-refractivity contribution in [3.05, 3.63) is 35.8 Å². The van der Waals surface area contributed by atoms with Gasteiger partial charge in [0, 0.05) is 24.2 Å². The van der Waals surface area contributed by atoms with Gasteiger partial charge in [-0.15, -0.1) is 0 Å². The molecule has 1 heterocycles. The smallest absolute Gasteiger partial charge is 0.125 e. The van der Waals surface area contributed by atoms with Crippen LogP contribution in [0.3, 0.4) is 0 Å². The van der Waals surface area contributed by atoms with Crippen LogP contribution in [0.2, 0.25) is 0 Å². The minimum atomic E-state index is -0.168. The van der Waals surface area contributed by atoms with Crippen molar-refractivity contribution in [2.45, 2.75) is 32.9 Å². The Morgan fingerprint density at radius 3 is 2.82 bits per heavy atom. The Labute approximate surface area is 101 Å². The number of hydrogen-bond acceptors (Lipinski definition) is 1. The van der Waals surface area contributed by atoms with Gasteiger partial charge in [0.1, 0.15) is 5.82 Å². The van der Waals surface area contributed by atoms with Crippen LogP contribution in [-0.2, 0) is 13.0 Å². The van der Waals surface area contributed by atoms with E-state index in [1.165, 1.54) is 11.6 Å². The third kappa shape index (κ3) is 2.34. The number of hydrogen-bond donors (Lipinski definition) is 1. The number of halogens is 1. The first-order valence-corrected chi connectivity index (χ1v) is 6.10. The van der Waals surface area contributed by atoms with Gasteiger partial charge in [-0.05, 0) is 51.1 Å². The Balaban J connectivity index is 2.49. The predicted molar refractivity (Wildman–Crippen MR) is 69.8 cm³/mol. The molecule has 2 rings (SSSR count). The molecule has 3 heteroatoms. The first-order valence-electron chi connectivity index (χ1n) is 6.10. The molecule has 0 amide bonds. The molecule has 1 aromatic carbocycles. The third-order valence-corrected chi connectivity index (χ3v) is 3.29. The van der Waals surface area contributed by atoms with Crippen LogP contribution in [0.25, 0.3) is 10.9 Å². The van der Waals surface area contributed by atoms with E-state index in [0.29, 0.717) is 6.04 Å². The predicted octanol–water partition coefficient (Wildman–Crippen LogP) is 2.95. The number of aryl methyl sites for hydroxylation is 1. The lowest BCUT2D eigenvalue weighted by atomic mass is 10.1. The molecule has 92 valence electrons. The zero-order valence-corrected chi connectivity index (χ0v) is 10.6. The van der Waals surface area contributed by atoms with E-state index in [2.05, 4.69) is 29.9 Å². The van der Waals surface area contributed by atoms with Gasteiger partial charge >= 0.3 is 0 Å². The fraction of sp³-hybridized carbons (Fsp3) is 0.429. The maximum Gasteiger partial charge on any atom is 0.125 e. The van der Waals surface area contributed by atoms with Crippen LogP contribution in [0.15, 0.2) is 24.4 Å². The molecule has 17 heavy (non-hydrogen) atoms. The summed E-state index contributed by atoms with van der Waals surface area (Å²) in [5.74, 6) is -0.168. The van der Waals surface area contributed by atoms with Gasteiger partial charge in [-0.25, -0.2) is 4.39 Å². The molecule has 2 nitrogen and oxygen atoms in total. The SMILES string of the molecule is CCn1cc(CC(C)NC)c2ccc(F)cc21. The summed E-state index contributed by atoms with van der Waals surface area (Å²) in [5.41, 5.74) is 2.27. The molecule has 2 aromatic rings. The molecular formula is C14H19FN2. The van der Waals surface area contributed by atoms with Crippen molar-refractivity contribution in [2.24, 2.45) is 0 Å². The number of likely N-dealkylation sites (N-methyl/N-ethyl adjacent to an activating group) is 1. The largest absolute Gasteiger partial charge is 0.347 e. The number of benzene rings is 1. The molecule has 0 bridgehead atoms. The van der Waals surface area contributed by atoms with Gasteiger partial charge in [0.2, 0.25) is 0 Å². The van der Waals surface area contributed by atoms with Gasteiger partial charge < -0.3 is 9.88 Å². The fourth-order valence-corrected chi connectivity index (χ4v) is 2.20. The number of nitrogens with zero attached hydrogens (tertiary/aromatic N) is 1. The molecule has 0 aliphatic heterocycles. The van der Waals surface area contributed by atoms with Crippen LogP contribution in [0, 0.1) is 5.82 Å². The van der Waals surface area contributed by atoms with Crippen molar-refractivity contribution in [1.82, 2.24) is 9.88 Å². The highest BCUT2D eigenvalue weighted by Gasteiger charge is 2.10. The first kappa shape index (κ1) is 12.1. The minimum absolute atomic E-state index is 0.168. The summed E-state index contributed by atoms with van der Waals surface area (Å²) >= 11 is 0. The van der Waals surface area contributed by atoms with Crippen LogP contribution in [0.1, 0.15) is 19.4 Å². The first-order chi connectivity index (χ1) is 8.15. The number of aromatic nitrogens is 1. The van der Waals surface area contributed by atoms with Crippen LogP contribution in [0.4, 0.5) is 4.39 Å². The van der Waals surface area contributed by atoms with Crippen LogP contribution in [0.5, 0.6) is 0 Å². The highest BCUT2D eigenvalue weighted by atomic mass is 19.1. The molecule has 1 unspecified atom stereocenters. The monoisotopic (exact) mass is 234 g/mol. The van der Waals surface area contributed by atoms with Gasteiger partial charge in [-0.1, -0.05) is 0 Å². The molecule has 0 spiro atoms. The van der Waals surface area contributed by atoms with Crippen molar-refractivity contribution in [2.75, 3.05) is 7.05 Å². The van der Waals surface area contributed by atoms with Gasteiger partial charge in [0.15, 0.2) is 0 Å². The summed E-state index contributed by atoms with van der Waals surface area (Å²) in [7, 11) is 1.96. The van der Waals surface area contributed by atoms with E-state index in [0.717, 1.165) is 23.9 Å². The fourth-order valence-electron chi connectivity index (χ4n) is 2.20.